The van der Waals surface area contributed by atoms with Crippen molar-refractivity contribution in [3.63, 3.8) is 0 Å². The van der Waals surface area contributed by atoms with Crippen LogP contribution >= 0.6 is 11.8 Å². The molecule has 5 nitrogen and oxygen atoms in total. The molecule has 1 aromatic rings. The van der Waals surface area contributed by atoms with E-state index in [1.807, 2.05) is 6.26 Å². The number of hydrogen-bond acceptors (Lipinski definition) is 6. The molecule has 1 unspecified atom stereocenters. The summed E-state index contributed by atoms with van der Waals surface area (Å²) in [6, 6.07) is 3.47. The zero-order chi connectivity index (χ0) is 14.5. The van der Waals surface area contributed by atoms with Crippen molar-refractivity contribution in [1.82, 2.24) is 0 Å². The molecule has 0 spiro atoms. The molecule has 0 bridgehead atoms. The number of ether oxygens (including phenoxy) is 2. The van der Waals surface area contributed by atoms with Gasteiger partial charge in [-0.05, 0) is 13.2 Å². The van der Waals surface area contributed by atoms with Crippen LogP contribution in [0.25, 0.3) is 0 Å². The summed E-state index contributed by atoms with van der Waals surface area (Å²) < 4.78 is 10.4. The van der Waals surface area contributed by atoms with Crippen LogP contribution in [0.1, 0.15) is 6.92 Å². The maximum Gasteiger partial charge on any atom is 0.162 e. The number of thioether (sulfide) groups is 1. The molecular weight excluding hydrogens is 264 g/mol. The summed E-state index contributed by atoms with van der Waals surface area (Å²) in [7, 11) is 3.13. The Hall–Kier alpha value is -1.27. The number of rotatable bonds is 7. The highest BCUT2D eigenvalue weighted by molar-refractivity contribution is 7.98. The number of hydrogen-bond donors (Lipinski definition) is 3. The molecule has 0 aliphatic carbocycles. The molecule has 108 valence electrons. The van der Waals surface area contributed by atoms with Crippen molar-refractivity contribution in [3.8, 4) is 11.5 Å². The Kier molecular flexibility index (Phi) is 5.62. The summed E-state index contributed by atoms with van der Waals surface area (Å²) in [5.41, 5.74) is 6.42. The van der Waals surface area contributed by atoms with Crippen LogP contribution in [0, 0.1) is 0 Å². The fourth-order valence-corrected chi connectivity index (χ4v) is 2.42. The summed E-state index contributed by atoms with van der Waals surface area (Å²) in [5.74, 6) is 1.83. The number of nitrogens with one attached hydrogen (secondary N) is 1. The number of anilines is 2. The standard InChI is InChI=1S/C13H22N2O3S/c1-13(16,8-19-4)7-15-10-6-12(18-3)11(17-2)5-9(10)14/h5-6,15-16H,7-8,14H2,1-4H3. The molecule has 4 N–H and O–H groups in total. The largest absolute Gasteiger partial charge is 0.493 e. The van der Waals surface area contributed by atoms with Gasteiger partial charge < -0.3 is 25.6 Å². The zero-order valence-corrected chi connectivity index (χ0v) is 12.6. The van der Waals surface area contributed by atoms with Crippen LogP contribution in [-0.4, -0.2) is 43.5 Å². The van der Waals surface area contributed by atoms with Crippen molar-refractivity contribution < 1.29 is 14.6 Å². The number of benzene rings is 1. The number of nitrogen functional groups attached to an aromatic ring is 1. The van der Waals surface area contributed by atoms with Crippen molar-refractivity contribution in [3.05, 3.63) is 12.1 Å². The van der Waals surface area contributed by atoms with Gasteiger partial charge in [0.1, 0.15) is 0 Å². The Morgan fingerprint density at radius 3 is 2.42 bits per heavy atom. The molecule has 0 heterocycles. The summed E-state index contributed by atoms with van der Waals surface area (Å²) in [5, 5.41) is 13.3. The van der Waals surface area contributed by atoms with E-state index in [-0.39, 0.29) is 0 Å². The van der Waals surface area contributed by atoms with E-state index in [2.05, 4.69) is 5.32 Å². The fraction of sp³-hybridized carbons (Fsp3) is 0.538. The van der Waals surface area contributed by atoms with Crippen LogP contribution in [0.15, 0.2) is 12.1 Å². The number of nitrogens with two attached hydrogens (primary N) is 1. The van der Waals surface area contributed by atoms with E-state index in [0.717, 1.165) is 5.69 Å². The normalized spacial score (nSPS) is 13.7. The lowest BCUT2D eigenvalue weighted by Crippen LogP contribution is -2.36. The van der Waals surface area contributed by atoms with Crippen LogP contribution in [0.4, 0.5) is 11.4 Å². The molecule has 0 aromatic heterocycles. The Morgan fingerprint density at radius 1 is 1.32 bits per heavy atom. The third-order valence-corrected chi connectivity index (χ3v) is 3.58. The van der Waals surface area contributed by atoms with Crippen molar-refractivity contribution in [2.45, 2.75) is 12.5 Å². The number of methoxy groups -OCH3 is 2. The SMILES string of the molecule is COc1cc(N)c(NCC(C)(O)CSC)cc1OC. The second kappa shape index (κ2) is 6.77. The summed E-state index contributed by atoms with van der Waals surface area (Å²) in [6.07, 6.45) is 1.96. The lowest BCUT2D eigenvalue weighted by atomic mass is 10.1. The average molecular weight is 286 g/mol. The highest BCUT2D eigenvalue weighted by Crippen LogP contribution is 2.35. The Bertz CT molecular complexity index is 425. The molecule has 0 amide bonds. The maximum absolute atomic E-state index is 10.1. The van der Waals surface area contributed by atoms with Gasteiger partial charge in [0.05, 0.1) is 31.2 Å². The van der Waals surface area contributed by atoms with Gasteiger partial charge >= 0.3 is 0 Å². The van der Waals surface area contributed by atoms with Crippen molar-refractivity contribution in [1.29, 1.82) is 0 Å². The van der Waals surface area contributed by atoms with Gasteiger partial charge in [-0.3, -0.25) is 0 Å². The van der Waals surface area contributed by atoms with Crippen LogP contribution in [0.2, 0.25) is 0 Å². The Morgan fingerprint density at radius 2 is 1.89 bits per heavy atom. The van der Waals surface area contributed by atoms with E-state index < -0.39 is 5.60 Å². The van der Waals surface area contributed by atoms with Crippen molar-refractivity contribution >= 4 is 23.1 Å². The summed E-state index contributed by atoms with van der Waals surface area (Å²) >= 11 is 1.60. The zero-order valence-electron chi connectivity index (χ0n) is 11.8. The van der Waals surface area contributed by atoms with E-state index in [0.29, 0.717) is 29.5 Å². The van der Waals surface area contributed by atoms with Gasteiger partial charge in [-0.15, -0.1) is 0 Å². The van der Waals surface area contributed by atoms with E-state index in [1.165, 1.54) is 0 Å². The fourth-order valence-electron chi connectivity index (χ4n) is 1.70. The van der Waals surface area contributed by atoms with Crippen LogP contribution in [0.3, 0.4) is 0 Å². The third-order valence-electron chi connectivity index (χ3n) is 2.67. The van der Waals surface area contributed by atoms with Crippen LogP contribution < -0.4 is 20.5 Å². The third kappa shape index (κ3) is 4.40. The molecule has 1 aromatic carbocycles. The summed E-state index contributed by atoms with van der Waals surface area (Å²) in [6.45, 7) is 2.20. The van der Waals surface area contributed by atoms with E-state index in [9.17, 15) is 5.11 Å². The molecular formula is C13H22N2O3S. The second-order valence-electron chi connectivity index (χ2n) is 4.58. The minimum atomic E-state index is -0.793. The molecule has 0 aliphatic heterocycles. The van der Waals surface area contributed by atoms with Gasteiger partial charge in [-0.1, -0.05) is 0 Å². The molecule has 19 heavy (non-hydrogen) atoms. The smallest absolute Gasteiger partial charge is 0.162 e. The molecule has 1 rings (SSSR count). The monoisotopic (exact) mass is 286 g/mol. The van der Waals surface area contributed by atoms with Gasteiger partial charge in [0, 0.05) is 24.4 Å². The first-order valence-electron chi connectivity index (χ1n) is 5.90. The first-order chi connectivity index (χ1) is 8.93. The van der Waals surface area contributed by atoms with Crippen LogP contribution in [0.5, 0.6) is 11.5 Å². The molecule has 6 heteroatoms. The molecule has 0 saturated heterocycles. The van der Waals surface area contributed by atoms with Gasteiger partial charge in [0.25, 0.3) is 0 Å². The lowest BCUT2D eigenvalue weighted by molar-refractivity contribution is 0.0997. The second-order valence-corrected chi connectivity index (χ2v) is 5.44. The quantitative estimate of drug-likeness (QED) is 0.664. The molecule has 1 atom stereocenters. The highest BCUT2D eigenvalue weighted by atomic mass is 32.2. The highest BCUT2D eigenvalue weighted by Gasteiger charge is 2.20. The topological polar surface area (TPSA) is 76.7 Å². The van der Waals surface area contributed by atoms with Gasteiger partial charge in [-0.25, -0.2) is 0 Å². The van der Waals surface area contributed by atoms with Crippen molar-refractivity contribution in [2.75, 3.05) is 43.8 Å². The van der Waals surface area contributed by atoms with Gasteiger partial charge in [0.15, 0.2) is 11.5 Å². The Balaban J connectivity index is 2.84. The predicted molar refractivity (Wildman–Crippen MR) is 81.5 cm³/mol. The predicted octanol–water partition coefficient (Wildman–Crippen LogP) is 1.81. The first kappa shape index (κ1) is 15.8. The van der Waals surface area contributed by atoms with Gasteiger partial charge in [-0.2, -0.15) is 11.8 Å². The van der Waals surface area contributed by atoms with E-state index in [1.54, 1.807) is 45.0 Å². The molecule has 0 radical (unpaired) electrons. The Labute approximate surface area is 118 Å². The van der Waals surface area contributed by atoms with Crippen LogP contribution in [-0.2, 0) is 0 Å². The number of aliphatic hydroxyl groups is 1. The molecule has 0 aliphatic rings. The van der Waals surface area contributed by atoms with E-state index in [4.69, 9.17) is 15.2 Å². The van der Waals surface area contributed by atoms with E-state index >= 15 is 0 Å². The molecule has 0 fully saturated rings. The van der Waals surface area contributed by atoms with Gasteiger partial charge in [0.2, 0.25) is 0 Å². The summed E-state index contributed by atoms with van der Waals surface area (Å²) in [4.78, 5) is 0. The minimum Gasteiger partial charge on any atom is -0.493 e. The molecule has 0 saturated carbocycles. The minimum absolute atomic E-state index is 0.410. The lowest BCUT2D eigenvalue weighted by Gasteiger charge is -2.24. The van der Waals surface area contributed by atoms with Crippen molar-refractivity contribution in [2.24, 2.45) is 0 Å². The first-order valence-corrected chi connectivity index (χ1v) is 7.29. The average Bonchev–Trinajstić information content (AvgIpc) is 2.36. The maximum atomic E-state index is 10.1.